The van der Waals surface area contributed by atoms with Gasteiger partial charge in [0.2, 0.25) is 0 Å². The van der Waals surface area contributed by atoms with Crippen molar-refractivity contribution in [3.05, 3.63) is 28.3 Å². The largest absolute Gasteiger partial charge is 0.496 e. The van der Waals surface area contributed by atoms with E-state index in [4.69, 9.17) is 16.3 Å². The number of nitrogens with one attached hydrogen (secondary N) is 1. The fraction of sp³-hybridized carbons (Fsp3) is 0.571. The van der Waals surface area contributed by atoms with Crippen LogP contribution < -0.4 is 10.1 Å². The molecule has 1 N–H and O–H groups in total. The van der Waals surface area contributed by atoms with E-state index in [0.717, 1.165) is 25.3 Å². The third-order valence-electron chi connectivity index (χ3n) is 3.11. The number of rotatable bonds is 6. The number of ether oxygens (including phenoxy) is 1. The van der Waals surface area contributed by atoms with Crippen LogP contribution in [0.3, 0.4) is 0 Å². The third kappa shape index (κ3) is 3.62. The van der Waals surface area contributed by atoms with Gasteiger partial charge in [-0.15, -0.1) is 11.6 Å². The SMILES string of the molecule is COc1c(C)c(C)cc(C)c1CNCCCCl. The minimum absolute atomic E-state index is 0.704. The molecule has 0 aliphatic carbocycles. The van der Waals surface area contributed by atoms with Crippen molar-refractivity contribution >= 4 is 11.6 Å². The summed E-state index contributed by atoms with van der Waals surface area (Å²) in [5, 5.41) is 3.40. The summed E-state index contributed by atoms with van der Waals surface area (Å²) in [5.74, 6) is 1.72. The molecule has 0 aliphatic heterocycles. The Kier molecular flexibility index (Phi) is 5.79. The molecule has 0 aliphatic rings. The monoisotopic (exact) mass is 255 g/mol. The van der Waals surface area contributed by atoms with E-state index in [1.165, 1.54) is 22.3 Å². The van der Waals surface area contributed by atoms with Gasteiger partial charge in [0.25, 0.3) is 0 Å². The molecule has 0 aromatic heterocycles. The molecular weight excluding hydrogens is 234 g/mol. The molecule has 0 spiro atoms. The molecule has 3 heteroatoms. The van der Waals surface area contributed by atoms with Gasteiger partial charge in [0.05, 0.1) is 7.11 Å². The molecule has 2 nitrogen and oxygen atoms in total. The van der Waals surface area contributed by atoms with Crippen molar-refractivity contribution in [2.75, 3.05) is 19.5 Å². The van der Waals surface area contributed by atoms with Crippen molar-refractivity contribution < 1.29 is 4.74 Å². The minimum Gasteiger partial charge on any atom is -0.496 e. The summed E-state index contributed by atoms with van der Waals surface area (Å²) in [5.41, 5.74) is 5.05. The van der Waals surface area contributed by atoms with E-state index in [-0.39, 0.29) is 0 Å². The van der Waals surface area contributed by atoms with Crippen LogP contribution in [-0.2, 0) is 6.54 Å². The van der Waals surface area contributed by atoms with Gasteiger partial charge in [-0.25, -0.2) is 0 Å². The van der Waals surface area contributed by atoms with E-state index in [2.05, 4.69) is 32.2 Å². The zero-order valence-electron chi connectivity index (χ0n) is 11.2. The summed E-state index contributed by atoms with van der Waals surface area (Å²) in [4.78, 5) is 0. The smallest absolute Gasteiger partial charge is 0.126 e. The molecule has 1 aromatic rings. The molecule has 0 saturated heterocycles. The van der Waals surface area contributed by atoms with Crippen molar-refractivity contribution in [3.8, 4) is 5.75 Å². The first-order valence-electron chi connectivity index (χ1n) is 6.02. The predicted octanol–water partition coefficient (Wildman–Crippen LogP) is 3.34. The molecule has 0 saturated carbocycles. The van der Waals surface area contributed by atoms with Crippen LogP contribution in [0.4, 0.5) is 0 Å². The Bertz CT molecular complexity index is 377. The van der Waals surface area contributed by atoms with E-state index < -0.39 is 0 Å². The lowest BCUT2D eigenvalue weighted by atomic mass is 9.99. The van der Waals surface area contributed by atoms with E-state index in [1.807, 2.05) is 0 Å². The summed E-state index contributed by atoms with van der Waals surface area (Å²) < 4.78 is 5.53. The quantitative estimate of drug-likeness (QED) is 0.622. The molecule has 0 unspecified atom stereocenters. The Morgan fingerprint density at radius 1 is 1.24 bits per heavy atom. The van der Waals surface area contributed by atoms with E-state index in [9.17, 15) is 0 Å². The highest BCUT2D eigenvalue weighted by Gasteiger charge is 2.11. The highest BCUT2D eigenvalue weighted by atomic mass is 35.5. The highest BCUT2D eigenvalue weighted by Crippen LogP contribution is 2.29. The average molecular weight is 256 g/mol. The summed E-state index contributed by atoms with van der Waals surface area (Å²) in [7, 11) is 1.74. The molecule has 1 rings (SSSR count). The van der Waals surface area contributed by atoms with Crippen LogP contribution >= 0.6 is 11.6 Å². The second-order valence-electron chi connectivity index (χ2n) is 4.37. The van der Waals surface area contributed by atoms with Crippen LogP contribution in [0, 0.1) is 20.8 Å². The maximum atomic E-state index is 5.65. The molecule has 1 aromatic carbocycles. The lowest BCUT2D eigenvalue weighted by Crippen LogP contribution is -2.17. The summed E-state index contributed by atoms with van der Waals surface area (Å²) in [6.45, 7) is 8.14. The van der Waals surface area contributed by atoms with Gasteiger partial charge in [-0.1, -0.05) is 6.07 Å². The second-order valence-corrected chi connectivity index (χ2v) is 4.74. The van der Waals surface area contributed by atoms with Crippen LogP contribution in [0.2, 0.25) is 0 Å². The number of alkyl halides is 1. The fourth-order valence-electron chi connectivity index (χ4n) is 2.01. The third-order valence-corrected chi connectivity index (χ3v) is 3.38. The summed E-state index contributed by atoms with van der Waals surface area (Å²) >= 11 is 5.65. The Balaban J connectivity index is 2.86. The van der Waals surface area contributed by atoms with Crippen LogP contribution in [0.15, 0.2) is 6.07 Å². The Morgan fingerprint density at radius 3 is 2.53 bits per heavy atom. The first-order valence-corrected chi connectivity index (χ1v) is 6.55. The molecule has 0 bridgehead atoms. The second kappa shape index (κ2) is 6.87. The van der Waals surface area contributed by atoms with E-state index >= 15 is 0 Å². The number of benzene rings is 1. The van der Waals surface area contributed by atoms with Gasteiger partial charge >= 0.3 is 0 Å². The van der Waals surface area contributed by atoms with E-state index in [0.29, 0.717) is 5.88 Å². The van der Waals surface area contributed by atoms with Gasteiger partial charge in [-0.05, 0) is 50.4 Å². The highest BCUT2D eigenvalue weighted by molar-refractivity contribution is 6.17. The normalized spacial score (nSPS) is 10.6. The number of hydrogen-bond acceptors (Lipinski definition) is 2. The lowest BCUT2D eigenvalue weighted by molar-refractivity contribution is 0.403. The molecule has 0 heterocycles. The Hall–Kier alpha value is -0.730. The van der Waals surface area contributed by atoms with Gasteiger partial charge in [-0.3, -0.25) is 0 Å². The zero-order chi connectivity index (χ0) is 12.8. The summed E-state index contributed by atoms with van der Waals surface area (Å²) in [6.07, 6.45) is 0.994. The van der Waals surface area contributed by atoms with Crippen molar-refractivity contribution in [2.45, 2.75) is 33.7 Å². The van der Waals surface area contributed by atoms with Gasteiger partial charge < -0.3 is 10.1 Å². The first-order chi connectivity index (χ1) is 8.11. The Labute approximate surface area is 109 Å². The molecule has 96 valence electrons. The van der Waals surface area contributed by atoms with Gasteiger partial charge in [-0.2, -0.15) is 0 Å². The minimum atomic E-state index is 0.704. The number of halogens is 1. The van der Waals surface area contributed by atoms with Crippen molar-refractivity contribution in [1.29, 1.82) is 0 Å². The van der Waals surface area contributed by atoms with Gasteiger partial charge in [0.1, 0.15) is 5.75 Å². The van der Waals surface area contributed by atoms with Crippen LogP contribution in [0.25, 0.3) is 0 Å². The van der Waals surface area contributed by atoms with Gasteiger partial charge in [0, 0.05) is 18.0 Å². The standard InChI is InChI=1S/C14H22ClNO/c1-10-8-11(2)13(9-16-7-5-6-15)14(17-4)12(10)3/h8,16H,5-7,9H2,1-4H3. The predicted molar refractivity (Wildman–Crippen MR) is 74.2 cm³/mol. The molecule has 0 atom stereocenters. The molecule has 17 heavy (non-hydrogen) atoms. The van der Waals surface area contributed by atoms with Crippen LogP contribution in [0.5, 0.6) is 5.75 Å². The summed E-state index contributed by atoms with van der Waals surface area (Å²) in [6, 6.07) is 2.22. The number of methoxy groups -OCH3 is 1. The fourth-order valence-corrected chi connectivity index (χ4v) is 2.14. The zero-order valence-corrected chi connectivity index (χ0v) is 11.9. The topological polar surface area (TPSA) is 21.3 Å². The maximum Gasteiger partial charge on any atom is 0.126 e. The lowest BCUT2D eigenvalue weighted by Gasteiger charge is -2.17. The molecule has 0 fully saturated rings. The molecule has 0 amide bonds. The van der Waals surface area contributed by atoms with Crippen molar-refractivity contribution in [1.82, 2.24) is 5.32 Å². The molecule has 0 radical (unpaired) electrons. The number of hydrogen-bond donors (Lipinski definition) is 1. The van der Waals surface area contributed by atoms with Crippen molar-refractivity contribution in [2.24, 2.45) is 0 Å². The van der Waals surface area contributed by atoms with Crippen LogP contribution in [0.1, 0.15) is 28.7 Å². The van der Waals surface area contributed by atoms with Gasteiger partial charge in [0.15, 0.2) is 0 Å². The molecular formula is C14H22ClNO. The average Bonchev–Trinajstić information content (AvgIpc) is 2.31. The number of aryl methyl sites for hydroxylation is 2. The van der Waals surface area contributed by atoms with Crippen molar-refractivity contribution in [3.63, 3.8) is 0 Å². The van der Waals surface area contributed by atoms with Crippen LogP contribution in [-0.4, -0.2) is 19.5 Å². The van der Waals surface area contributed by atoms with E-state index in [1.54, 1.807) is 7.11 Å². The first kappa shape index (κ1) is 14.3. The maximum absolute atomic E-state index is 5.65. The Morgan fingerprint density at radius 2 is 1.94 bits per heavy atom.